The summed E-state index contributed by atoms with van der Waals surface area (Å²) in [4.78, 5) is 0. The van der Waals surface area contributed by atoms with E-state index in [-0.39, 0.29) is 11.2 Å². The summed E-state index contributed by atoms with van der Waals surface area (Å²) < 4.78 is 32.0. The largest absolute Gasteiger partial charge is 0.381 e. The third-order valence-electron chi connectivity index (χ3n) is 3.71. The van der Waals surface area contributed by atoms with Crippen LogP contribution >= 0.6 is 0 Å². The van der Waals surface area contributed by atoms with Crippen LogP contribution in [0.5, 0.6) is 0 Å². The zero-order chi connectivity index (χ0) is 13.9. The first kappa shape index (κ1) is 14.5. The van der Waals surface area contributed by atoms with Crippen LogP contribution in [0.15, 0.2) is 24.3 Å². The summed E-state index contributed by atoms with van der Waals surface area (Å²) in [5.74, 6) is 0.0221. The highest BCUT2D eigenvalue weighted by molar-refractivity contribution is 7.90. The maximum absolute atomic E-state index is 12.0. The lowest BCUT2D eigenvalue weighted by Gasteiger charge is -2.31. The lowest BCUT2D eigenvalue weighted by Crippen LogP contribution is -2.43. The van der Waals surface area contributed by atoms with E-state index in [1.54, 1.807) is 0 Å². The number of rotatable bonds is 4. The van der Waals surface area contributed by atoms with E-state index in [4.69, 9.17) is 4.74 Å². The lowest BCUT2D eigenvalue weighted by molar-refractivity contribution is 0.0570. The van der Waals surface area contributed by atoms with E-state index in [1.165, 1.54) is 12.6 Å². The van der Waals surface area contributed by atoms with Gasteiger partial charge in [0.2, 0.25) is 10.0 Å². The van der Waals surface area contributed by atoms with E-state index in [2.05, 4.69) is 29.0 Å². The predicted octanol–water partition coefficient (Wildman–Crippen LogP) is 1.49. The van der Waals surface area contributed by atoms with Crippen LogP contribution in [0.4, 0.5) is 0 Å². The Kier molecular flexibility index (Phi) is 4.60. The van der Waals surface area contributed by atoms with Gasteiger partial charge in [-0.1, -0.05) is 29.8 Å². The Morgan fingerprint density at radius 3 is 2.63 bits per heavy atom. The standard InChI is InChI=1S/C14H21NO3S/c1-11-3-5-12(6-4-11)9-13-10-18-8-7-14(13)19(16,17)15-2/h3-6,13-15H,7-10H2,1-2H3. The van der Waals surface area contributed by atoms with Crippen LogP contribution in [0, 0.1) is 12.8 Å². The second-order valence-electron chi connectivity index (χ2n) is 5.10. The number of benzene rings is 1. The van der Waals surface area contributed by atoms with E-state index in [9.17, 15) is 8.42 Å². The molecule has 2 rings (SSSR count). The molecule has 1 aliphatic heterocycles. The Labute approximate surface area is 115 Å². The molecule has 2 atom stereocenters. The maximum Gasteiger partial charge on any atom is 0.214 e. The van der Waals surface area contributed by atoms with Crippen molar-refractivity contribution in [3.05, 3.63) is 35.4 Å². The Bertz CT molecular complexity index is 510. The molecule has 1 aromatic rings. The van der Waals surface area contributed by atoms with Gasteiger partial charge < -0.3 is 4.74 Å². The molecule has 1 fully saturated rings. The number of hydrogen-bond acceptors (Lipinski definition) is 3. The van der Waals surface area contributed by atoms with E-state index in [0.29, 0.717) is 19.6 Å². The number of hydrogen-bond donors (Lipinski definition) is 1. The van der Waals surface area contributed by atoms with Crippen molar-refractivity contribution in [2.75, 3.05) is 20.3 Å². The Morgan fingerprint density at radius 2 is 2.00 bits per heavy atom. The molecule has 1 N–H and O–H groups in total. The van der Waals surface area contributed by atoms with Crippen LogP contribution in [-0.4, -0.2) is 33.9 Å². The van der Waals surface area contributed by atoms with Gasteiger partial charge in [-0.3, -0.25) is 0 Å². The number of aryl methyl sites for hydroxylation is 1. The minimum absolute atomic E-state index is 0.0221. The van der Waals surface area contributed by atoms with E-state index < -0.39 is 10.0 Å². The molecule has 1 heterocycles. The van der Waals surface area contributed by atoms with Crippen LogP contribution in [0.3, 0.4) is 0 Å². The van der Waals surface area contributed by atoms with Gasteiger partial charge in [-0.15, -0.1) is 0 Å². The smallest absolute Gasteiger partial charge is 0.214 e. The molecule has 0 aromatic heterocycles. The van der Waals surface area contributed by atoms with Crippen molar-refractivity contribution in [3.63, 3.8) is 0 Å². The van der Waals surface area contributed by atoms with Crippen molar-refractivity contribution in [2.45, 2.75) is 25.0 Å². The molecule has 2 unspecified atom stereocenters. The monoisotopic (exact) mass is 283 g/mol. The van der Waals surface area contributed by atoms with Gasteiger partial charge in [0.15, 0.2) is 0 Å². The van der Waals surface area contributed by atoms with E-state index in [1.807, 2.05) is 6.92 Å². The molecule has 0 aliphatic carbocycles. The van der Waals surface area contributed by atoms with Gasteiger partial charge in [-0.25, -0.2) is 13.1 Å². The predicted molar refractivity (Wildman–Crippen MR) is 75.6 cm³/mol. The molecular weight excluding hydrogens is 262 g/mol. The average molecular weight is 283 g/mol. The zero-order valence-electron chi connectivity index (χ0n) is 11.4. The lowest BCUT2D eigenvalue weighted by atomic mass is 9.93. The molecule has 0 bridgehead atoms. The number of sulfonamides is 1. The molecule has 5 heteroatoms. The fourth-order valence-electron chi connectivity index (χ4n) is 2.55. The summed E-state index contributed by atoms with van der Waals surface area (Å²) in [5, 5.41) is -0.354. The van der Waals surface area contributed by atoms with Crippen LogP contribution in [-0.2, 0) is 21.2 Å². The van der Waals surface area contributed by atoms with Gasteiger partial charge in [0, 0.05) is 12.5 Å². The molecule has 1 aromatic carbocycles. The third kappa shape index (κ3) is 3.55. The summed E-state index contributed by atoms with van der Waals surface area (Å²) in [6.45, 7) is 3.08. The average Bonchev–Trinajstić information content (AvgIpc) is 2.42. The van der Waals surface area contributed by atoms with Crippen LogP contribution in [0.25, 0.3) is 0 Å². The summed E-state index contributed by atoms with van der Waals surface area (Å²) in [6, 6.07) is 8.24. The molecule has 4 nitrogen and oxygen atoms in total. The van der Waals surface area contributed by atoms with Crippen molar-refractivity contribution >= 4 is 10.0 Å². The van der Waals surface area contributed by atoms with E-state index >= 15 is 0 Å². The van der Waals surface area contributed by atoms with Gasteiger partial charge in [0.1, 0.15) is 0 Å². The molecule has 1 aliphatic rings. The van der Waals surface area contributed by atoms with Crippen molar-refractivity contribution in [2.24, 2.45) is 5.92 Å². The molecule has 1 saturated heterocycles. The van der Waals surface area contributed by atoms with Gasteiger partial charge >= 0.3 is 0 Å². The molecule has 0 saturated carbocycles. The number of nitrogens with one attached hydrogen (secondary N) is 1. The highest BCUT2D eigenvalue weighted by Crippen LogP contribution is 2.25. The van der Waals surface area contributed by atoms with Gasteiger partial charge in [-0.05, 0) is 32.4 Å². The van der Waals surface area contributed by atoms with Crippen molar-refractivity contribution < 1.29 is 13.2 Å². The Morgan fingerprint density at radius 1 is 1.32 bits per heavy atom. The number of ether oxygens (including phenoxy) is 1. The minimum atomic E-state index is -3.23. The first-order valence-corrected chi connectivity index (χ1v) is 8.13. The third-order valence-corrected chi connectivity index (χ3v) is 5.69. The normalized spacial score (nSPS) is 24.3. The fraction of sp³-hybridized carbons (Fsp3) is 0.571. The summed E-state index contributed by atoms with van der Waals surface area (Å²) in [6.07, 6.45) is 1.31. The first-order valence-electron chi connectivity index (χ1n) is 6.58. The minimum Gasteiger partial charge on any atom is -0.381 e. The quantitative estimate of drug-likeness (QED) is 0.911. The first-order chi connectivity index (χ1) is 9.03. The zero-order valence-corrected chi connectivity index (χ0v) is 12.2. The summed E-state index contributed by atoms with van der Waals surface area (Å²) >= 11 is 0. The topological polar surface area (TPSA) is 55.4 Å². The van der Waals surface area contributed by atoms with Crippen LogP contribution < -0.4 is 4.72 Å². The van der Waals surface area contributed by atoms with Crippen molar-refractivity contribution in [1.29, 1.82) is 0 Å². The molecular formula is C14H21NO3S. The fourth-order valence-corrected chi connectivity index (χ4v) is 3.95. The highest BCUT2D eigenvalue weighted by atomic mass is 32.2. The summed E-state index contributed by atoms with van der Waals surface area (Å²) in [7, 11) is -1.75. The molecule has 0 amide bonds. The van der Waals surface area contributed by atoms with E-state index in [0.717, 1.165) is 12.0 Å². The maximum atomic E-state index is 12.0. The van der Waals surface area contributed by atoms with Gasteiger partial charge in [-0.2, -0.15) is 0 Å². The Hall–Kier alpha value is -0.910. The van der Waals surface area contributed by atoms with Gasteiger partial charge in [0.25, 0.3) is 0 Å². The molecule has 106 valence electrons. The van der Waals surface area contributed by atoms with Gasteiger partial charge in [0.05, 0.1) is 11.9 Å². The Balaban J connectivity index is 2.14. The molecule has 0 radical (unpaired) electrons. The highest BCUT2D eigenvalue weighted by Gasteiger charge is 2.35. The second kappa shape index (κ2) is 6.03. The SMILES string of the molecule is CNS(=O)(=O)C1CCOCC1Cc1ccc(C)cc1. The summed E-state index contributed by atoms with van der Waals surface area (Å²) in [5.41, 5.74) is 2.38. The second-order valence-corrected chi connectivity index (χ2v) is 7.20. The van der Waals surface area contributed by atoms with Crippen LogP contribution in [0.2, 0.25) is 0 Å². The van der Waals surface area contributed by atoms with Crippen molar-refractivity contribution in [1.82, 2.24) is 4.72 Å². The van der Waals surface area contributed by atoms with Crippen molar-refractivity contribution in [3.8, 4) is 0 Å². The van der Waals surface area contributed by atoms with Crippen LogP contribution in [0.1, 0.15) is 17.5 Å². The molecule has 19 heavy (non-hydrogen) atoms. The molecule has 0 spiro atoms.